The van der Waals surface area contributed by atoms with Crippen LogP contribution in [0.1, 0.15) is 52.9 Å². The predicted molar refractivity (Wildman–Crippen MR) is 99.7 cm³/mol. The molecule has 1 saturated heterocycles. The van der Waals surface area contributed by atoms with Crippen molar-refractivity contribution in [3.05, 3.63) is 39.5 Å². The summed E-state index contributed by atoms with van der Waals surface area (Å²) >= 11 is 1.88. The Bertz CT molecular complexity index is 688. The SMILES string of the molecule is Cc1nc2c(s1)[C@H](N(C)Cc1ccc(N3CCCC3)nc1)CCC2. The second-order valence-electron chi connectivity index (χ2n) is 7.09. The number of hydrogen-bond donors (Lipinski definition) is 0. The van der Waals surface area contributed by atoms with Gasteiger partial charge in [-0.1, -0.05) is 6.07 Å². The predicted octanol–water partition coefficient (Wildman–Crippen LogP) is 3.96. The average Bonchev–Trinajstić information content (AvgIpc) is 3.23. The lowest BCUT2D eigenvalue weighted by molar-refractivity contribution is 0.216. The van der Waals surface area contributed by atoms with Crippen molar-refractivity contribution in [1.82, 2.24) is 14.9 Å². The van der Waals surface area contributed by atoms with Gasteiger partial charge in [-0.3, -0.25) is 4.90 Å². The van der Waals surface area contributed by atoms with Gasteiger partial charge in [-0.25, -0.2) is 9.97 Å². The van der Waals surface area contributed by atoms with Gasteiger partial charge in [-0.05, 0) is 57.7 Å². The van der Waals surface area contributed by atoms with Crippen LogP contribution in [0.3, 0.4) is 0 Å². The van der Waals surface area contributed by atoms with Gasteiger partial charge in [-0.15, -0.1) is 11.3 Å². The molecule has 0 bridgehead atoms. The minimum Gasteiger partial charge on any atom is -0.357 e. The van der Waals surface area contributed by atoms with E-state index >= 15 is 0 Å². The largest absolute Gasteiger partial charge is 0.357 e. The summed E-state index contributed by atoms with van der Waals surface area (Å²) in [5.74, 6) is 1.14. The van der Waals surface area contributed by atoms with E-state index in [1.807, 2.05) is 11.3 Å². The molecule has 0 aromatic carbocycles. The van der Waals surface area contributed by atoms with Gasteiger partial charge in [0.1, 0.15) is 5.82 Å². The molecule has 0 unspecified atom stereocenters. The molecule has 2 aromatic rings. The highest BCUT2D eigenvalue weighted by Gasteiger charge is 2.27. The van der Waals surface area contributed by atoms with Crippen LogP contribution in [0.4, 0.5) is 5.82 Å². The maximum atomic E-state index is 4.72. The number of nitrogens with zero attached hydrogens (tertiary/aromatic N) is 4. The molecule has 1 aliphatic carbocycles. The molecule has 1 aliphatic heterocycles. The number of anilines is 1. The Kier molecular flexibility index (Phi) is 4.55. The van der Waals surface area contributed by atoms with Crippen molar-refractivity contribution in [3.63, 3.8) is 0 Å². The Balaban J connectivity index is 1.45. The summed E-state index contributed by atoms with van der Waals surface area (Å²) in [6.45, 7) is 5.39. The Hall–Kier alpha value is -1.46. The standard InChI is InChI=1S/C19H26N4S/c1-14-21-16-6-5-7-17(19(16)24-14)22(2)13-15-8-9-18(20-12-15)23-10-3-4-11-23/h8-9,12,17H,3-7,10-11,13H2,1-2H3/t17-/m1/s1. The molecule has 2 aliphatic rings. The first-order valence-electron chi connectivity index (χ1n) is 9.07. The van der Waals surface area contributed by atoms with Crippen molar-refractivity contribution >= 4 is 17.2 Å². The molecule has 5 heteroatoms. The highest BCUT2D eigenvalue weighted by atomic mass is 32.1. The molecule has 0 saturated carbocycles. The van der Waals surface area contributed by atoms with E-state index in [9.17, 15) is 0 Å². The summed E-state index contributed by atoms with van der Waals surface area (Å²) in [5.41, 5.74) is 2.64. The summed E-state index contributed by atoms with van der Waals surface area (Å²) in [6.07, 6.45) is 8.29. The number of pyridine rings is 1. The summed E-state index contributed by atoms with van der Waals surface area (Å²) < 4.78 is 0. The minimum absolute atomic E-state index is 0.512. The van der Waals surface area contributed by atoms with E-state index in [1.54, 1.807) is 0 Å². The summed E-state index contributed by atoms with van der Waals surface area (Å²) in [7, 11) is 2.24. The van der Waals surface area contributed by atoms with Crippen LogP contribution in [0.5, 0.6) is 0 Å². The number of aryl methyl sites for hydroxylation is 2. The first kappa shape index (κ1) is 16.0. The smallest absolute Gasteiger partial charge is 0.128 e. The van der Waals surface area contributed by atoms with Crippen molar-refractivity contribution in [3.8, 4) is 0 Å². The van der Waals surface area contributed by atoms with Crippen molar-refractivity contribution in [2.24, 2.45) is 0 Å². The summed E-state index contributed by atoms with van der Waals surface area (Å²) in [5, 5.41) is 1.21. The third-order valence-corrected chi connectivity index (χ3v) is 6.35. The highest BCUT2D eigenvalue weighted by Crippen LogP contribution is 2.37. The van der Waals surface area contributed by atoms with Gasteiger partial charge in [0.05, 0.1) is 10.7 Å². The normalized spacial score (nSPS) is 20.6. The van der Waals surface area contributed by atoms with Crippen LogP contribution in [0.25, 0.3) is 0 Å². The van der Waals surface area contributed by atoms with Gasteiger partial charge in [0.2, 0.25) is 0 Å². The van der Waals surface area contributed by atoms with Crippen LogP contribution in [0.2, 0.25) is 0 Å². The third-order valence-electron chi connectivity index (χ3n) is 5.23. The van der Waals surface area contributed by atoms with Crippen LogP contribution in [0, 0.1) is 6.92 Å². The molecule has 1 atom stereocenters. The van der Waals surface area contributed by atoms with Crippen molar-refractivity contribution < 1.29 is 0 Å². The first-order chi connectivity index (χ1) is 11.7. The molecular weight excluding hydrogens is 316 g/mol. The Morgan fingerprint density at radius 3 is 2.83 bits per heavy atom. The molecular formula is C19H26N4S. The maximum absolute atomic E-state index is 4.72. The van der Waals surface area contributed by atoms with Crippen LogP contribution >= 0.6 is 11.3 Å². The van der Waals surface area contributed by atoms with Gasteiger partial charge in [-0.2, -0.15) is 0 Å². The molecule has 1 fully saturated rings. The van der Waals surface area contributed by atoms with Crippen LogP contribution in [0.15, 0.2) is 18.3 Å². The first-order valence-corrected chi connectivity index (χ1v) is 9.88. The van der Waals surface area contributed by atoms with Crippen molar-refractivity contribution in [2.75, 3.05) is 25.0 Å². The molecule has 4 rings (SSSR count). The monoisotopic (exact) mass is 342 g/mol. The molecule has 0 spiro atoms. The number of rotatable bonds is 4. The second-order valence-corrected chi connectivity index (χ2v) is 8.32. The number of aromatic nitrogens is 2. The van der Waals surface area contributed by atoms with E-state index in [4.69, 9.17) is 9.97 Å². The summed E-state index contributed by atoms with van der Waals surface area (Å²) in [6, 6.07) is 4.95. The molecule has 128 valence electrons. The quantitative estimate of drug-likeness (QED) is 0.842. The van der Waals surface area contributed by atoms with E-state index in [1.165, 1.54) is 46.8 Å². The Morgan fingerprint density at radius 2 is 2.08 bits per heavy atom. The lowest BCUT2D eigenvalue weighted by Gasteiger charge is -2.30. The second kappa shape index (κ2) is 6.81. The summed E-state index contributed by atoms with van der Waals surface area (Å²) in [4.78, 5) is 15.8. The molecule has 0 N–H and O–H groups in total. The third kappa shape index (κ3) is 3.20. The van der Waals surface area contributed by atoms with Crippen LogP contribution < -0.4 is 4.90 Å². The van der Waals surface area contributed by atoms with E-state index in [0.717, 1.165) is 31.9 Å². The van der Waals surface area contributed by atoms with E-state index in [0.29, 0.717) is 6.04 Å². The Morgan fingerprint density at radius 1 is 1.25 bits per heavy atom. The minimum atomic E-state index is 0.512. The lowest BCUT2D eigenvalue weighted by Crippen LogP contribution is -2.26. The zero-order chi connectivity index (χ0) is 16.5. The van der Waals surface area contributed by atoms with Gasteiger partial charge in [0, 0.05) is 36.8 Å². The molecule has 4 nitrogen and oxygen atoms in total. The van der Waals surface area contributed by atoms with Crippen LogP contribution in [-0.4, -0.2) is 35.0 Å². The van der Waals surface area contributed by atoms with E-state index < -0.39 is 0 Å². The number of hydrogen-bond acceptors (Lipinski definition) is 5. The zero-order valence-corrected chi connectivity index (χ0v) is 15.5. The fraction of sp³-hybridized carbons (Fsp3) is 0.579. The van der Waals surface area contributed by atoms with Gasteiger partial charge in [0.25, 0.3) is 0 Å². The fourth-order valence-electron chi connectivity index (χ4n) is 3.98. The lowest BCUT2D eigenvalue weighted by atomic mass is 9.97. The highest BCUT2D eigenvalue weighted by molar-refractivity contribution is 7.11. The van der Waals surface area contributed by atoms with Crippen molar-refractivity contribution in [1.29, 1.82) is 0 Å². The number of thiazole rings is 1. The molecule has 0 radical (unpaired) electrons. The molecule has 3 heterocycles. The number of fused-ring (bicyclic) bond motifs is 1. The van der Waals surface area contributed by atoms with Gasteiger partial charge < -0.3 is 4.90 Å². The van der Waals surface area contributed by atoms with Gasteiger partial charge in [0.15, 0.2) is 0 Å². The van der Waals surface area contributed by atoms with E-state index in [2.05, 4.69) is 42.1 Å². The topological polar surface area (TPSA) is 32.3 Å². The molecule has 0 amide bonds. The zero-order valence-electron chi connectivity index (χ0n) is 14.7. The molecule has 2 aromatic heterocycles. The van der Waals surface area contributed by atoms with Crippen LogP contribution in [-0.2, 0) is 13.0 Å². The van der Waals surface area contributed by atoms with Crippen molar-refractivity contribution in [2.45, 2.75) is 51.6 Å². The average molecular weight is 343 g/mol. The van der Waals surface area contributed by atoms with E-state index in [-0.39, 0.29) is 0 Å². The maximum Gasteiger partial charge on any atom is 0.128 e. The Labute approximate surface area is 148 Å². The molecule has 24 heavy (non-hydrogen) atoms. The van der Waals surface area contributed by atoms with Gasteiger partial charge >= 0.3 is 0 Å². The fourth-order valence-corrected chi connectivity index (χ4v) is 5.16.